The van der Waals surface area contributed by atoms with Crippen molar-refractivity contribution in [1.29, 1.82) is 5.26 Å². The molecule has 2 heterocycles. The van der Waals surface area contributed by atoms with Gasteiger partial charge in [-0.3, -0.25) is 13.9 Å². The van der Waals surface area contributed by atoms with Gasteiger partial charge < -0.3 is 14.8 Å². The van der Waals surface area contributed by atoms with Gasteiger partial charge in [0.15, 0.2) is 5.56 Å². The molecule has 0 radical (unpaired) electrons. The highest BCUT2D eigenvalue weighted by Crippen LogP contribution is 2.27. The Kier molecular flexibility index (Phi) is 5.33. The third kappa shape index (κ3) is 3.73. The number of anilines is 2. The fourth-order valence-corrected chi connectivity index (χ4v) is 3.06. The van der Waals surface area contributed by atoms with Gasteiger partial charge in [0.05, 0.1) is 13.2 Å². The summed E-state index contributed by atoms with van der Waals surface area (Å²) in [6, 6.07) is 7.38. The lowest BCUT2D eigenvalue weighted by Gasteiger charge is -2.24. The van der Waals surface area contributed by atoms with Crippen LogP contribution in [0.25, 0.3) is 0 Å². The van der Waals surface area contributed by atoms with E-state index in [1.807, 2.05) is 25.1 Å². The highest BCUT2D eigenvalue weighted by atomic mass is 16.5. The standard InChI is InChI=1S/C19H22N4O4/c1-12-10-13(4-5-16(12)27-14-6-8-26-9-7-14)21-17-15(11-20)18(24)23(3)19(25)22(17)2/h4-5,10,14,21H,6-9H2,1-3H3. The van der Waals surface area contributed by atoms with Gasteiger partial charge in [-0.15, -0.1) is 0 Å². The number of aromatic nitrogens is 2. The Morgan fingerprint density at radius 1 is 1.22 bits per heavy atom. The average Bonchev–Trinajstić information content (AvgIpc) is 2.67. The van der Waals surface area contributed by atoms with E-state index in [0.717, 1.165) is 28.7 Å². The molecule has 2 aromatic rings. The topological polar surface area (TPSA) is 98.3 Å². The van der Waals surface area contributed by atoms with Gasteiger partial charge in [-0.1, -0.05) is 0 Å². The van der Waals surface area contributed by atoms with Crippen molar-refractivity contribution in [2.45, 2.75) is 25.9 Å². The molecule has 3 rings (SSSR count). The van der Waals surface area contributed by atoms with Gasteiger partial charge >= 0.3 is 5.69 Å². The van der Waals surface area contributed by atoms with Crippen LogP contribution in [0.3, 0.4) is 0 Å². The molecular formula is C19H22N4O4. The lowest BCUT2D eigenvalue weighted by molar-refractivity contribution is 0.0253. The SMILES string of the molecule is Cc1cc(Nc2c(C#N)c(=O)n(C)c(=O)n2C)ccc1OC1CCOCC1. The summed E-state index contributed by atoms with van der Waals surface area (Å²) in [7, 11) is 2.86. The molecule has 142 valence electrons. The van der Waals surface area contributed by atoms with Crippen molar-refractivity contribution in [1.82, 2.24) is 9.13 Å². The minimum Gasteiger partial charge on any atom is -0.490 e. The number of hydrogen-bond donors (Lipinski definition) is 1. The number of benzene rings is 1. The van der Waals surface area contributed by atoms with E-state index in [-0.39, 0.29) is 17.5 Å². The van der Waals surface area contributed by atoms with Crippen LogP contribution in [0.1, 0.15) is 24.0 Å². The number of nitriles is 1. The average molecular weight is 370 g/mol. The predicted molar refractivity (Wildman–Crippen MR) is 101 cm³/mol. The van der Waals surface area contributed by atoms with Crippen LogP contribution in [0.4, 0.5) is 11.5 Å². The molecule has 1 aliphatic heterocycles. The van der Waals surface area contributed by atoms with Gasteiger partial charge in [0, 0.05) is 32.6 Å². The van der Waals surface area contributed by atoms with E-state index in [0.29, 0.717) is 18.9 Å². The first-order chi connectivity index (χ1) is 12.9. The van der Waals surface area contributed by atoms with Gasteiger partial charge in [-0.05, 0) is 30.7 Å². The maximum Gasteiger partial charge on any atom is 0.332 e. The number of aryl methyl sites for hydroxylation is 1. The summed E-state index contributed by atoms with van der Waals surface area (Å²) in [6.45, 7) is 3.34. The van der Waals surface area contributed by atoms with Crippen LogP contribution in [0.5, 0.6) is 5.75 Å². The molecule has 0 saturated carbocycles. The molecular weight excluding hydrogens is 348 g/mol. The van der Waals surface area contributed by atoms with E-state index in [9.17, 15) is 14.9 Å². The second-order valence-corrected chi connectivity index (χ2v) is 6.58. The Morgan fingerprint density at radius 3 is 2.56 bits per heavy atom. The van der Waals surface area contributed by atoms with Crippen molar-refractivity contribution in [2.75, 3.05) is 18.5 Å². The number of rotatable bonds is 4. The van der Waals surface area contributed by atoms with Crippen LogP contribution in [0.2, 0.25) is 0 Å². The summed E-state index contributed by atoms with van der Waals surface area (Å²) in [4.78, 5) is 24.3. The van der Waals surface area contributed by atoms with Gasteiger partial charge in [0.2, 0.25) is 0 Å². The zero-order valence-electron chi connectivity index (χ0n) is 15.6. The van der Waals surface area contributed by atoms with Gasteiger partial charge in [-0.25, -0.2) is 4.79 Å². The maximum atomic E-state index is 12.2. The second-order valence-electron chi connectivity index (χ2n) is 6.58. The number of nitrogens with one attached hydrogen (secondary N) is 1. The maximum absolute atomic E-state index is 12.2. The summed E-state index contributed by atoms with van der Waals surface area (Å²) in [5.74, 6) is 0.953. The molecule has 0 amide bonds. The van der Waals surface area contributed by atoms with E-state index in [1.54, 1.807) is 6.07 Å². The Labute approximate surface area is 156 Å². The largest absolute Gasteiger partial charge is 0.490 e. The molecule has 8 nitrogen and oxygen atoms in total. The number of hydrogen-bond acceptors (Lipinski definition) is 6. The Morgan fingerprint density at radius 2 is 1.93 bits per heavy atom. The molecule has 8 heteroatoms. The van der Waals surface area contributed by atoms with Crippen molar-refractivity contribution in [3.05, 3.63) is 50.2 Å². The van der Waals surface area contributed by atoms with Crippen LogP contribution in [-0.2, 0) is 18.8 Å². The molecule has 0 spiro atoms. The third-order valence-electron chi connectivity index (χ3n) is 4.68. The summed E-state index contributed by atoms with van der Waals surface area (Å²) in [6.07, 6.45) is 1.86. The van der Waals surface area contributed by atoms with Gasteiger partial charge in [0.25, 0.3) is 5.56 Å². The van der Waals surface area contributed by atoms with Crippen LogP contribution in [0.15, 0.2) is 27.8 Å². The van der Waals surface area contributed by atoms with Crippen molar-refractivity contribution >= 4 is 11.5 Å². The van der Waals surface area contributed by atoms with Crippen molar-refractivity contribution in [3.8, 4) is 11.8 Å². The van der Waals surface area contributed by atoms with Gasteiger partial charge in [0.1, 0.15) is 23.7 Å². The number of ether oxygens (including phenoxy) is 2. The fraction of sp³-hybridized carbons (Fsp3) is 0.421. The molecule has 0 bridgehead atoms. The molecule has 1 aromatic heterocycles. The minimum atomic E-state index is -0.626. The van der Waals surface area contributed by atoms with Crippen LogP contribution >= 0.6 is 0 Å². The predicted octanol–water partition coefficient (Wildman–Crippen LogP) is 1.57. The summed E-state index contributed by atoms with van der Waals surface area (Å²) >= 11 is 0. The normalized spacial score (nSPS) is 14.6. The highest BCUT2D eigenvalue weighted by Gasteiger charge is 2.18. The van der Waals surface area contributed by atoms with Crippen LogP contribution < -0.4 is 21.3 Å². The molecule has 1 N–H and O–H groups in total. The summed E-state index contributed by atoms with van der Waals surface area (Å²) in [5, 5.41) is 12.4. The van der Waals surface area contributed by atoms with E-state index >= 15 is 0 Å². The van der Waals surface area contributed by atoms with Crippen molar-refractivity contribution < 1.29 is 9.47 Å². The molecule has 1 saturated heterocycles. The molecule has 1 aromatic carbocycles. The Hall–Kier alpha value is -3.05. The van der Waals surface area contributed by atoms with E-state index in [2.05, 4.69) is 5.32 Å². The zero-order chi connectivity index (χ0) is 19.6. The number of nitrogens with zero attached hydrogens (tertiary/aromatic N) is 3. The zero-order valence-corrected chi connectivity index (χ0v) is 15.6. The smallest absolute Gasteiger partial charge is 0.332 e. The Bertz CT molecular complexity index is 1010. The quantitative estimate of drug-likeness (QED) is 0.877. The van der Waals surface area contributed by atoms with E-state index in [4.69, 9.17) is 9.47 Å². The minimum absolute atomic E-state index is 0.111. The molecule has 27 heavy (non-hydrogen) atoms. The molecule has 1 aliphatic rings. The summed E-state index contributed by atoms with van der Waals surface area (Å²) in [5.41, 5.74) is 0.335. The van der Waals surface area contributed by atoms with Crippen LogP contribution in [0, 0.1) is 18.3 Å². The fourth-order valence-electron chi connectivity index (χ4n) is 3.06. The summed E-state index contributed by atoms with van der Waals surface area (Å²) < 4.78 is 13.6. The molecule has 0 atom stereocenters. The van der Waals surface area contributed by atoms with Crippen LogP contribution in [-0.4, -0.2) is 28.5 Å². The monoisotopic (exact) mass is 370 g/mol. The van der Waals surface area contributed by atoms with Crippen molar-refractivity contribution in [2.24, 2.45) is 14.1 Å². The third-order valence-corrected chi connectivity index (χ3v) is 4.68. The lowest BCUT2D eigenvalue weighted by atomic mass is 10.1. The molecule has 0 aliphatic carbocycles. The second kappa shape index (κ2) is 7.68. The first-order valence-corrected chi connectivity index (χ1v) is 8.74. The Balaban J connectivity index is 1.89. The van der Waals surface area contributed by atoms with Crippen molar-refractivity contribution in [3.63, 3.8) is 0 Å². The van der Waals surface area contributed by atoms with E-state index < -0.39 is 11.2 Å². The highest BCUT2D eigenvalue weighted by molar-refractivity contribution is 5.64. The lowest BCUT2D eigenvalue weighted by Crippen LogP contribution is -2.39. The van der Waals surface area contributed by atoms with Gasteiger partial charge in [-0.2, -0.15) is 5.26 Å². The first kappa shape index (κ1) is 18.7. The first-order valence-electron chi connectivity index (χ1n) is 8.74. The molecule has 1 fully saturated rings. The molecule has 0 unspecified atom stereocenters. The van der Waals surface area contributed by atoms with E-state index in [1.165, 1.54) is 18.7 Å².